The van der Waals surface area contributed by atoms with Crippen molar-refractivity contribution in [2.45, 2.75) is 65.1 Å². The highest BCUT2D eigenvalue weighted by molar-refractivity contribution is 5.95. The Morgan fingerprint density at radius 2 is 2.11 bits per heavy atom. The van der Waals surface area contributed by atoms with Crippen LogP contribution in [0, 0.1) is 5.92 Å². The van der Waals surface area contributed by atoms with E-state index in [1.807, 2.05) is 13.8 Å². The fourth-order valence-electron chi connectivity index (χ4n) is 2.23. The molecule has 1 rings (SSSR count). The van der Waals surface area contributed by atoms with Crippen molar-refractivity contribution in [2.75, 3.05) is 0 Å². The van der Waals surface area contributed by atoms with Crippen molar-refractivity contribution >= 4 is 12.0 Å². The number of imide groups is 1. The van der Waals surface area contributed by atoms with E-state index in [9.17, 15) is 9.59 Å². The quantitative estimate of drug-likeness (QED) is 0.819. The summed E-state index contributed by atoms with van der Waals surface area (Å²) in [7, 11) is 0. The van der Waals surface area contributed by atoms with Crippen molar-refractivity contribution in [2.24, 2.45) is 11.7 Å². The molecule has 0 aliphatic carbocycles. The second-order valence-electron chi connectivity index (χ2n) is 5.99. The number of rotatable bonds is 2. The van der Waals surface area contributed by atoms with Crippen LogP contribution in [-0.4, -0.2) is 34.6 Å². The van der Waals surface area contributed by atoms with Gasteiger partial charge in [0.1, 0.15) is 5.60 Å². The van der Waals surface area contributed by atoms with Crippen LogP contribution in [0.3, 0.4) is 0 Å². The van der Waals surface area contributed by atoms with E-state index < -0.39 is 11.7 Å². The molecule has 5 nitrogen and oxygen atoms in total. The van der Waals surface area contributed by atoms with E-state index in [2.05, 4.69) is 0 Å². The predicted octanol–water partition coefficient (Wildman–Crippen LogP) is 1.90. The van der Waals surface area contributed by atoms with Gasteiger partial charge < -0.3 is 10.5 Å². The monoisotopic (exact) mass is 256 g/mol. The topological polar surface area (TPSA) is 72.6 Å². The van der Waals surface area contributed by atoms with Crippen LogP contribution in [0.1, 0.15) is 47.5 Å². The Kier molecular flexibility index (Phi) is 4.37. The third kappa shape index (κ3) is 3.22. The number of likely N-dealkylation sites (tertiary alicyclic amines) is 1. The summed E-state index contributed by atoms with van der Waals surface area (Å²) in [5.41, 5.74) is 5.36. The molecule has 104 valence electrons. The summed E-state index contributed by atoms with van der Waals surface area (Å²) in [5.74, 6) is -0.0546. The van der Waals surface area contributed by atoms with E-state index in [-0.39, 0.29) is 30.3 Å². The summed E-state index contributed by atoms with van der Waals surface area (Å²) in [4.78, 5) is 25.2. The van der Waals surface area contributed by atoms with Crippen LogP contribution < -0.4 is 5.73 Å². The molecule has 0 saturated carbocycles. The third-order valence-electron chi connectivity index (χ3n) is 3.23. The largest absolute Gasteiger partial charge is 0.443 e. The number of hydrogen-bond donors (Lipinski definition) is 1. The van der Waals surface area contributed by atoms with Gasteiger partial charge in [0.05, 0.1) is 6.04 Å². The molecule has 18 heavy (non-hydrogen) atoms. The van der Waals surface area contributed by atoms with Crippen molar-refractivity contribution in [1.82, 2.24) is 4.90 Å². The lowest BCUT2D eigenvalue weighted by atomic mass is 9.94. The van der Waals surface area contributed by atoms with Gasteiger partial charge in [-0.1, -0.05) is 20.3 Å². The van der Waals surface area contributed by atoms with Gasteiger partial charge in [0.25, 0.3) is 0 Å². The van der Waals surface area contributed by atoms with Gasteiger partial charge in [-0.2, -0.15) is 0 Å². The summed E-state index contributed by atoms with van der Waals surface area (Å²) < 4.78 is 5.28. The van der Waals surface area contributed by atoms with Crippen molar-refractivity contribution in [1.29, 1.82) is 0 Å². The van der Waals surface area contributed by atoms with Gasteiger partial charge in [-0.15, -0.1) is 0 Å². The van der Waals surface area contributed by atoms with Crippen LogP contribution in [-0.2, 0) is 9.53 Å². The molecule has 0 radical (unpaired) electrons. The normalized spacial score (nSPS) is 26.3. The molecule has 1 unspecified atom stereocenters. The van der Waals surface area contributed by atoms with Gasteiger partial charge in [-0.05, 0) is 26.7 Å². The molecule has 0 aromatic heterocycles. The molecular formula is C13H24N2O3. The summed E-state index contributed by atoms with van der Waals surface area (Å²) in [6.07, 6.45) is 0.505. The second-order valence-corrected chi connectivity index (χ2v) is 5.99. The van der Waals surface area contributed by atoms with E-state index in [0.717, 1.165) is 6.42 Å². The first-order valence-corrected chi connectivity index (χ1v) is 6.48. The number of nitrogens with two attached hydrogens (primary N) is 1. The lowest BCUT2D eigenvalue weighted by Crippen LogP contribution is -2.49. The molecule has 1 heterocycles. The van der Waals surface area contributed by atoms with Crippen LogP contribution >= 0.6 is 0 Å². The van der Waals surface area contributed by atoms with E-state index >= 15 is 0 Å². The molecule has 0 aromatic carbocycles. The number of hydrogen-bond acceptors (Lipinski definition) is 4. The highest BCUT2D eigenvalue weighted by Gasteiger charge is 2.45. The minimum absolute atomic E-state index is 0.180. The van der Waals surface area contributed by atoms with Crippen LogP contribution in [0.25, 0.3) is 0 Å². The SMILES string of the molecule is CCC(C)[C@H]1[C@@H](N)CC(=O)N1C(=O)OC(C)(C)C. The molecule has 1 aliphatic rings. The molecule has 1 aliphatic heterocycles. The van der Waals surface area contributed by atoms with E-state index in [1.165, 1.54) is 4.90 Å². The van der Waals surface area contributed by atoms with Gasteiger partial charge in [-0.25, -0.2) is 9.69 Å². The minimum atomic E-state index is -0.607. The standard InChI is InChI=1S/C13H24N2O3/c1-6-8(2)11-9(14)7-10(16)15(11)12(17)18-13(3,4)5/h8-9,11H,6-7,14H2,1-5H3/t8?,9-,11-/m0/s1. The van der Waals surface area contributed by atoms with Gasteiger partial charge in [-0.3, -0.25) is 4.79 Å². The zero-order valence-electron chi connectivity index (χ0n) is 11.9. The van der Waals surface area contributed by atoms with Crippen LogP contribution in [0.4, 0.5) is 4.79 Å². The highest BCUT2D eigenvalue weighted by Crippen LogP contribution is 2.28. The summed E-state index contributed by atoms with van der Waals surface area (Å²) in [6, 6.07) is -0.544. The Bertz CT molecular complexity index is 336. The number of carbonyl (C=O) groups is 2. The van der Waals surface area contributed by atoms with Gasteiger partial charge in [0.2, 0.25) is 5.91 Å². The van der Waals surface area contributed by atoms with Crippen molar-refractivity contribution in [3.63, 3.8) is 0 Å². The average Bonchev–Trinajstić information content (AvgIpc) is 2.49. The lowest BCUT2D eigenvalue weighted by molar-refractivity contribution is -0.128. The summed E-state index contributed by atoms with van der Waals surface area (Å²) >= 11 is 0. The van der Waals surface area contributed by atoms with E-state index in [0.29, 0.717) is 0 Å². The van der Waals surface area contributed by atoms with Crippen LogP contribution in [0.5, 0.6) is 0 Å². The number of carbonyl (C=O) groups excluding carboxylic acids is 2. The zero-order chi connectivity index (χ0) is 14.1. The predicted molar refractivity (Wildman–Crippen MR) is 68.9 cm³/mol. The molecule has 0 aromatic rings. The van der Waals surface area contributed by atoms with Gasteiger partial charge >= 0.3 is 6.09 Å². The maximum atomic E-state index is 12.1. The summed E-state index contributed by atoms with van der Waals surface area (Å²) in [5, 5.41) is 0. The first-order valence-electron chi connectivity index (χ1n) is 6.48. The van der Waals surface area contributed by atoms with Gasteiger partial charge in [0, 0.05) is 12.5 Å². The van der Waals surface area contributed by atoms with E-state index in [1.54, 1.807) is 20.8 Å². The maximum absolute atomic E-state index is 12.1. The van der Waals surface area contributed by atoms with Crippen LogP contribution in [0.15, 0.2) is 0 Å². The number of ether oxygens (including phenoxy) is 1. The Morgan fingerprint density at radius 3 is 2.56 bits per heavy atom. The van der Waals surface area contributed by atoms with Crippen LogP contribution in [0.2, 0.25) is 0 Å². The molecule has 5 heteroatoms. The fraction of sp³-hybridized carbons (Fsp3) is 0.846. The molecule has 0 bridgehead atoms. The molecule has 3 atom stereocenters. The Hall–Kier alpha value is -1.10. The molecule has 1 saturated heterocycles. The molecule has 2 amide bonds. The Morgan fingerprint density at radius 1 is 1.56 bits per heavy atom. The second kappa shape index (κ2) is 5.26. The van der Waals surface area contributed by atoms with Crippen molar-refractivity contribution in [3.8, 4) is 0 Å². The average molecular weight is 256 g/mol. The highest BCUT2D eigenvalue weighted by atomic mass is 16.6. The minimum Gasteiger partial charge on any atom is -0.443 e. The van der Waals surface area contributed by atoms with Gasteiger partial charge in [0.15, 0.2) is 0 Å². The molecular weight excluding hydrogens is 232 g/mol. The Balaban J connectivity index is 2.89. The first-order chi connectivity index (χ1) is 8.17. The van der Waals surface area contributed by atoms with Crippen molar-refractivity contribution in [3.05, 3.63) is 0 Å². The fourth-order valence-corrected chi connectivity index (χ4v) is 2.23. The third-order valence-corrected chi connectivity index (χ3v) is 3.23. The number of amides is 2. The maximum Gasteiger partial charge on any atom is 0.417 e. The Labute approximate surface area is 109 Å². The first kappa shape index (κ1) is 15.0. The molecule has 1 fully saturated rings. The molecule has 0 spiro atoms. The smallest absolute Gasteiger partial charge is 0.417 e. The number of nitrogens with zero attached hydrogens (tertiary/aromatic N) is 1. The lowest BCUT2D eigenvalue weighted by Gasteiger charge is -2.31. The summed E-state index contributed by atoms with van der Waals surface area (Å²) in [6.45, 7) is 9.37. The zero-order valence-corrected chi connectivity index (χ0v) is 11.9. The van der Waals surface area contributed by atoms with Crippen molar-refractivity contribution < 1.29 is 14.3 Å². The van der Waals surface area contributed by atoms with E-state index in [4.69, 9.17) is 10.5 Å². The molecule has 2 N–H and O–H groups in total.